The number of ether oxygens (including phenoxy) is 3. The average molecular weight is 384 g/mol. The van der Waals surface area contributed by atoms with E-state index in [9.17, 15) is 15.2 Å². The topological polar surface area (TPSA) is 115 Å². The number of hydrogen-bond acceptors (Lipinski definition) is 7. The van der Waals surface area contributed by atoms with Gasteiger partial charge in [-0.25, -0.2) is 4.79 Å². The maximum atomic E-state index is 12.6. The molecule has 1 aromatic carbocycles. The molecule has 0 fully saturated rings. The molecule has 28 heavy (non-hydrogen) atoms. The van der Waals surface area contributed by atoms with Crippen LogP contribution in [0, 0.1) is 11.3 Å². The largest absolute Gasteiger partial charge is 0.504 e. The number of nitrogens with zero attached hydrogens (tertiary/aromatic N) is 1. The Balaban J connectivity index is 2.74. The quantitative estimate of drug-likeness (QED) is 0.548. The van der Waals surface area contributed by atoms with Crippen LogP contribution < -0.4 is 10.5 Å². The third kappa shape index (κ3) is 3.96. The van der Waals surface area contributed by atoms with Crippen molar-refractivity contribution in [3.8, 4) is 17.6 Å². The van der Waals surface area contributed by atoms with Gasteiger partial charge in [0.2, 0.25) is 5.88 Å². The molecule has 0 bridgehead atoms. The minimum absolute atomic E-state index is 0.00796. The molecule has 7 heteroatoms. The molecule has 148 valence electrons. The Morgan fingerprint density at radius 2 is 2.14 bits per heavy atom. The fourth-order valence-corrected chi connectivity index (χ4v) is 3.12. The van der Waals surface area contributed by atoms with Crippen LogP contribution in [0.1, 0.15) is 37.8 Å². The van der Waals surface area contributed by atoms with Crippen LogP contribution in [0.3, 0.4) is 0 Å². The van der Waals surface area contributed by atoms with Crippen LogP contribution in [0.25, 0.3) is 0 Å². The molecular weight excluding hydrogens is 360 g/mol. The van der Waals surface area contributed by atoms with E-state index in [1.165, 1.54) is 0 Å². The zero-order valence-electron chi connectivity index (χ0n) is 16.2. The molecule has 2 rings (SSSR count). The zero-order valence-corrected chi connectivity index (χ0v) is 16.2. The average Bonchev–Trinajstić information content (AvgIpc) is 2.64. The van der Waals surface area contributed by atoms with Gasteiger partial charge in [-0.1, -0.05) is 12.1 Å². The minimum Gasteiger partial charge on any atom is -0.504 e. The van der Waals surface area contributed by atoms with Crippen molar-refractivity contribution in [2.45, 2.75) is 33.1 Å². The van der Waals surface area contributed by atoms with Gasteiger partial charge in [-0.15, -0.1) is 6.58 Å². The molecule has 0 saturated heterocycles. The molecular formula is C21H24N2O5. The predicted molar refractivity (Wildman–Crippen MR) is 103 cm³/mol. The van der Waals surface area contributed by atoms with Crippen molar-refractivity contribution in [3.63, 3.8) is 0 Å². The highest BCUT2D eigenvalue weighted by Gasteiger charge is 2.37. The number of phenols is 1. The molecule has 1 heterocycles. The summed E-state index contributed by atoms with van der Waals surface area (Å²) in [6.45, 7) is 9.28. The fraction of sp³-hybridized carbons (Fsp3) is 0.333. The normalized spacial score (nSPS) is 16.3. The first-order chi connectivity index (χ1) is 13.4. The highest BCUT2D eigenvalue weighted by atomic mass is 16.5. The summed E-state index contributed by atoms with van der Waals surface area (Å²) in [5.41, 5.74) is 7.31. The molecule has 0 aromatic heterocycles. The summed E-state index contributed by atoms with van der Waals surface area (Å²) in [5, 5.41) is 20.1. The number of phenolic OH excluding ortho intramolecular Hbond substituents is 1. The second-order valence-corrected chi connectivity index (χ2v) is 6.07. The number of allylic oxidation sites excluding steroid dienone is 3. The molecule has 0 amide bonds. The molecule has 3 N–H and O–H groups in total. The highest BCUT2D eigenvalue weighted by molar-refractivity contribution is 5.92. The third-order valence-corrected chi connectivity index (χ3v) is 4.27. The first kappa shape index (κ1) is 20.9. The van der Waals surface area contributed by atoms with Crippen molar-refractivity contribution < 1.29 is 24.1 Å². The van der Waals surface area contributed by atoms with E-state index < -0.39 is 11.9 Å². The number of esters is 1. The van der Waals surface area contributed by atoms with Crippen LogP contribution in [0.2, 0.25) is 0 Å². The fourth-order valence-electron chi connectivity index (χ4n) is 3.12. The molecule has 0 aliphatic carbocycles. The lowest BCUT2D eigenvalue weighted by molar-refractivity contribution is -0.139. The van der Waals surface area contributed by atoms with Gasteiger partial charge in [0.05, 0.1) is 24.7 Å². The van der Waals surface area contributed by atoms with E-state index in [0.717, 1.165) is 0 Å². The Morgan fingerprint density at radius 3 is 2.71 bits per heavy atom. The minimum atomic E-state index is -0.804. The summed E-state index contributed by atoms with van der Waals surface area (Å²) in [5.74, 6) is -0.972. The molecule has 1 aliphatic rings. The lowest BCUT2D eigenvalue weighted by Gasteiger charge is -2.27. The Kier molecular flexibility index (Phi) is 6.72. The second kappa shape index (κ2) is 9.00. The molecule has 0 spiro atoms. The van der Waals surface area contributed by atoms with Crippen LogP contribution in [0.15, 0.2) is 47.6 Å². The van der Waals surface area contributed by atoms with Crippen LogP contribution >= 0.6 is 0 Å². The molecule has 1 atom stereocenters. The van der Waals surface area contributed by atoms with E-state index in [-0.39, 0.29) is 40.9 Å². The van der Waals surface area contributed by atoms with Crippen LogP contribution in [-0.4, -0.2) is 24.3 Å². The number of carbonyl (C=O) groups excluding carboxylic acids is 1. The maximum Gasteiger partial charge on any atom is 0.338 e. The van der Waals surface area contributed by atoms with Gasteiger partial charge in [0.15, 0.2) is 11.5 Å². The number of benzene rings is 1. The van der Waals surface area contributed by atoms with Crippen molar-refractivity contribution in [2.24, 2.45) is 5.73 Å². The summed E-state index contributed by atoms with van der Waals surface area (Å²) >= 11 is 0. The maximum absolute atomic E-state index is 12.6. The van der Waals surface area contributed by atoms with Gasteiger partial charge >= 0.3 is 5.97 Å². The summed E-state index contributed by atoms with van der Waals surface area (Å²) in [6.07, 6.45) is 2.02. The van der Waals surface area contributed by atoms with Gasteiger partial charge in [0.1, 0.15) is 17.4 Å². The van der Waals surface area contributed by atoms with Crippen LogP contribution in [0.5, 0.6) is 11.5 Å². The van der Waals surface area contributed by atoms with Crippen molar-refractivity contribution in [3.05, 3.63) is 58.7 Å². The van der Waals surface area contributed by atoms with Gasteiger partial charge in [-0.3, -0.25) is 0 Å². The van der Waals surface area contributed by atoms with E-state index >= 15 is 0 Å². The number of rotatable bonds is 7. The molecule has 0 radical (unpaired) electrons. The first-order valence-electron chi connectivity index (χ1n) is 8.94. The van der Waals surface area contributed by atoms with Gasteiger partial charge in [-0.2, -0.15) is 5.26 Å². The van der Waals surface area contributed by atoms with Gasteiger partial charge in [0, 0.05) is 5.56 Å². The van der Waals surface area contributed by atoms with Gasteiger partial charge in [-0.05, 0) is 38.8 Å². The number of nitrogens with two attached hydrogens (primary N) is 1. The van der Waals surface area contributed by atoms with Gasteiger partial charge < -0.3 is 25.1 Å². The number of nitriles is 1. The Bertz CT molecular complexity index is 893. The summed E-state index contributed by atoms with van der Waals surface area (Å²) in [6, 6.07) is 5.33. The first-order valence-corrected chi connectivity index (χ1v) is 8.94. The predicted octanol–water partition coefficient (Wildman–Crippen LogP) is 3.16. The number of carbonyl (C=O) groups is 1. The molecule has 0 saturated carbocycles. The summed E-state index contributed by atoms with van der Waals surface area (Å²) in [7, 11) is 0. The van der Waals surface area contributed by atoms with E-state index in [4.69, 9.17) is 19.9 Å². The zero-order chi connectivity index (χ0) is 20.8. The van der Waals surface area contributed by atoms with Crippen molar-refractivity contribution in [2.75, 3.05) is 13.2 Å². The van der Waals surface area contributed by atoms with Crippen molar-refractivity contribution >= 4 is 5.97 Å². The Labute approximate surface area is 164 Å². The van der Waals surface area contributed by atoms with Crippen molar-refractivity contribution in [1.82, 2.24) is 0 Å². The molecule has 1 aromatic rings. The van der Waals surface area contributed by atoms with E-state index in [1.54, 1.807) is 39.0 Å². The molecule has 1 aliphatic heterocycles. The lowest BCUT2D eigenvalue weighted by atomic mass is 9.82. The lowest BCUT2D eigenvalue weighted by Crippen LogP contribution is -2.25. The van der Waals surface area contributed by atoms with E-state index in [0.29, 0.717) is 24.2 Å². The second-order valence-electron chi connectivity index (χ2n) is 6.07. The monoisotopic (exact) mass is 384 g/mol. The number of hydrogen-bond donors (Lipinski definition) is 2. The third-order valence-electron chi connectivity index (χ3n) is 4.27. The summed E-state index contributed by atoms with van der Waals surface area (Å²) in [4.78, 5) is 12.6. The molecule has 7 nitrogen and oxygen atoms in total. The van der Waals surface area contributed by atoms with E-state index in [2.05, 4.69) is 6.58 Å². The van der Waals surface area contributed by atoms with Crippen LogP contribution in [-0.2, 0) is 20.7 Å². The van der Waals surface area contributed by atoms with Crippen LogP contribution in [0.4, 0.5) is 0 Å². The highest BCUT2D eigenvalue weighted by Crippen LogP contribution is 2.43. The summed E-state index contributed by atoms with van der Waals surface area (Å²) < 4.78 is 16.1. The Morgan fingerprint density at radius 1 is 1.43 bits per heavy atom. The van der Waals surface area contributed by atoms with E-state index in [1.807, 2.05) is 6.07 Å². The Hall–Kier alpha value is -3.40. The van der Waals surface area contributed by atoms with Crippen molar-refractivity contribution in [1.29, 1.82) is 5.26 Å². The SMILES string of the molecule is C=CCc1cc(C2C(C#N)=C(N)OC(C)=C2C(=O)OCC)cc(OCC)c1O. The standard InChI is InChI=1S/C21H24N2O5/c1-5-8-13-9-14(10-16(19(13)24)26-6-2)18-15(11-22)20(23)28-12(4)17(18)21(25)27-7-3/h5,9-10,18,24H,1,6-8,23H2,2-4H3. The molecule has 1 unspecified atom stereocenters. The smallest absolute Gasteiger partial charge is 0.338 e. The number of aromatic hydroxyl groups is 1. The van der Waals surface area contributed by atoms with Gasteiger partial charge in [0.25, 0.3) is 0 Å².